The summed E-state index contributed by atoms with van der Waals surface area (Å²) in [6.45, 7) is 0.496. The normalized spacial score (nSPS) is 10.7. The SMILES string of the molecule is Nc1cc2ccccc2c(=O)n1Cc1ccccc1. The van der Waals surface area contributed by atoms with Gasteiger partial charge in [-0.05, 0) is 23.1 Å². The second-order valence-electron chi connectivity index (χ2n) is 4.53. The van der Waals surface area contributed by atoms with Gasteiger partial charge in [-0.3, -0.25) is 9.36 Å². The van der Waals surface area contributed by atoms with E-state index in [1.165, 1.54) is 0 Å². The molecule has 0 atom stereocenters. The van der Waals surface area contributed by atoms with Gasteiger partial charge in [-0.15, -0.1) is 0 Å². The number of benzene rings is 2. The molecule has 0 aliphatic heterocycles. The first-order valence-corrected chi connectivity index (χ1v) is 6.18. The van der Waals surface area contributed by atoms with Crippen LogP contribution < -0.4 is 11.3 Å². The number of fused-ring (bicyclic) bond motifs is 1. The molecule has 3 aromatic rings. The zero-order valence-corrected chi connectivity index (χ0v) is 10.4. The summed E-state index contributed by atoms with van der Waals surface area (Å²) in [6.07, 6.45) is 0. The molecule has 3 rings (SSSR count). The second-order valence-corrected chi connectivity index (χ2v) is 4.53. The van der Waals surface area contributed by atoms with Crippen molar-refractivity contribution in [2.45, 2.75) is 6.54 Å². The molecule has 0 saturated carbocycles. The Bertz CT molecular complexity index is 776. The van der Waals surface area contributed by atoms with E-state index in [1.54, 1.807) is 4.57 Å². The highest BCUT2D eigenvalue weighted by Crippen LogP contribution is 2.14. The fourth-order valence-corrected chi connectivity index (χ4v) is 2.25. The van der Waals surface area contributed by atoms with Crippen LogP contribution in [0.25, 0.3) is 10.8 Å². The number of hydrogen-bond donors (Lipinski definition) is 1. The highest BCUT2D eigenvalue weighted by Gasteiger charge is 2.06. The molecular formula is C16H14N2O. The predicted octanol–water partition coefficient (Wildman–Crippen LogP) is 2.63. The van der Waals surface area contributed by atoms with E-state index in [4.69, 9.17) is 5.73 Å². The average molecular weight is 250 g/mol. The Labute approximate surface area is 110 Å². The predicted molar refractivity (Wildman–Crippen MR) is 78.2 cm³/mol. The van der Waals surface area contributed by atoms with Crippen molar-refractivity contribution in [2.24, 2.45) is 0 Å². The molecule has 0 amide bonds. The van der Waals surface area contributed by atoms with E-state index in [1.807, 2.05) is 60.7 Å². The van der Waals surface area contributed by atoms with E-state index in [2.05, 4.69) is 0 Å². The monoisotopic (exact) mass is 250 g/mol. The van der Waals surface area contributed by atoms with Crippen molar-refractivity contribution in [3.05, 3.63) is 76.6 Å². The fraction of sp³-hybridized carbons (Fsp3) is 0.0625. The van der Waals surface area contributed by atoms with Crippen molar-refractivity contribution in [2.75, 3.05) is 5.73 Å². The first-order chi connectivity index (χ1) is 9.25. The van der Waals surface area contributed by atoms with Crippen LogP contribution >= 0.6 is 0 Å². The first-order valence-electron chi connectivity index (χ1n) is 6.18. The molecule has 0 radical (unpaired) electrons. The van der Waals surface area contributed by atoms with Crippen LogP contribution in [0, 0.1) is 0 Å². The van der Waals surface area contributed by atoms with Crippen LogP contribution in [0.4, 0.5) is 5.82 Å². The van der Waals surface area contributed by atoms with Gasteiger partial charge in [-0.2, -0.15) is 0 Å². The summed E-state index contributed by atoms with van der Waals surface area (Å²) in [5.74, 6) is 0.493. The zero-order chi connectivity index (χ0) is 13.2. The van der Waals surface area contributed by atoms with Crippen molar-refractivity contribution in [3.63, 3.8) is 0 Å². The Balaban J connectivity index is 2.16. The summed E-state index contributed by atoms with van der Waals surface area (Å²) in [4.78, 5) is 12.4. The maximum Gasteiger partial charge on any atom is 0.260 e. The van der Waals surface area contributed by atoms with Gasteiger partial charge in [0, 0.05) is 5.39 Å². The van der Waals surface area contributed by atoms with E-state index < -0.39 is 0 Å². The van der Waals surface area contributed by atoms with E-state index in [0.717, 1.165) is 10.9 Å². The second kappa shape index (κ2) is 4.61. The molecule has 0 spiro atoms. The van der Waals surface area contributed by atoms with Gasteiger partial charge in [-0.1, -0.05) is 48.5 Å². The van der Waals surface area contributed by atoms with Crippen molar-refractivity contribution in [1.29, 1.82) is 0 Å². The maximum absolute atomic E-state index is 12.4. The molecule has 1 aromatic heterocycles. The van der Waals surface area contributed by atoms with Gasteiger partial charge >= 0.3 is 0 Å². The summed E-state index contributed by atoms with van der Waals surface area (Å²) < 4.78 is 1.61. The summed E-state index contributed by atoms with van der Waals surface area (Å²) in [6, 6.07) is 19.2. The molecule has 0 unspecified atom stereocenters. The molecule has 19 heavy (non-hydrogen) atoms. The van der Waals surface area contributed by atoms with E-state index >= 15 is 0 Å². The number of pyridine rings is 1. The Hall–Kier alpha value is -2.55. The van der Waals surface area contributed by atoms with Crippen LogP contribution in [0.3, 0.4) is 0 Å². The molecule has 94 valence electrons. The van der Waals surface area contributed by atoms with Crippen molar-refractivity contribution in [1.82, 2.24) is 4.57 Å². The number of hydrogen-bond acceptors (Lipinski definition) is 2. The van der Waals surface area contributed by atoms with E-state index in [-0.39, 0.29) is 5.56 Å². The zero-order valence-electron chi connectivity index (χ0n) is 10.4. The van der Waals surface area contributed by atoms with Crippen LogP contribution in [0.1, 0.15) is 5.56 Å². The quantitative estimate of drug-likeness (QED) is 0.760. The van der Waals surface area contributed by atoms with Gasteiger partial charge in [0.25, 0.3) is 5.56 Å². The molecule has 0 fully saturated rings. The summed E-state index contributed by atoms with van der Waals surface area (Å²) in [7, 11) is 0. The number of nitrogens with two attached hydrogens (primary N) is 1. The summed E-state index contributed by atoms with van der Waals surface area (Å²) in [5, 5.41) is 1.59. The van der Waals surface area contributed by atoms with Crippen molar-refractivity contribution < 1.29 is 0 Å². The minimum atomic E-state index is -0.0422. The Kier molecular flexibility index (Phi) is 2.80. The molecule has 1 heterocycles. The lowest BCUT2D eigenvalue weighted by molar-refractivity contribution is 0.780. The summed E-state index contributed by atoms with van der Waals surface area (Å²) in [5.41, 5.74) is 7.02. The Morgan fingerprint density at radius 2 is 1.63 bits per heavy atom. The lowest BCUT2D eigenvalue weighted by Gasteiger charge is -2.11. The number of aromatic nitrogens is 1. The van der Waals surface area contributed by atoms with Crippen LogP contribution in [-0.2, 0) is 6.54 Å². The number of nitrogens with zero attached hydrogens (tertiary/aromatic N) is 1. The molecule has 3 heteroatoms. The third-order valence-corrected chi connectivity index (χ3v) is 3.23. The highest BCUT2D eigenvalue weighted by molar-refractivity contribution is 5.83. The van der Waals surface area contributed by atoms with Gasteiger partial charge in [0.15, 0.2) is 0 Å². The molecule has 3 nitrogen and oxygen atoms in total. The maximum atomic E-state index is 12.4. The molecule has 2 aromatic carbocycles. The topological polar surface area (TPSA) is 48.0 Å². The average Bonchev–Trinajstić information content (AvgIpc) is 2.45. The van der Waals surface area contributed by atoms with Gasteiger partial charge in [0.1, 0.15) is 5.82 Å². The lowest BCUT2D eigenvalue weighted by Crippen LogP contribution is -2.23. The van der Waals surface area contributed by atoms with Gasteiger partial charge in [0.2, 0.25) is 0 Å². The molecule has 0 bridgehead atoms. The van der Waals surface area contributed by atoms with Gasteiger partial charge in [-0.25, -0.2) is 0 Å². The molecule has 2 N–H and O–H groups in total. The molecule has 0 aliphatic rings. The fourth-order valence-electron chi connectivity index (χ4n) is 2.25. The Morgan fingerprint density at radius 1 is 0.947 bits per heavy atom. The van der Waals surface area contributed by atoms with Crippen molar-refractivity contribution in [3.8, 4) is 0 Å². The Morgan fingerprint density at radius 3 is 2.42 bits per heavy atom. The lowest BCUT2D eigenvalue weighted by atomic mass is 10.1. The van der Waals surface area contributed by atoms with Crippen LogP contribution in [-0.4, -0.2) is 4.57 Å². The number of anilines is 1. The minimum absolute atomic E-state index is 0.0422. The highest BCUT2D eigenvalue weighted by atomic mass is 16.1. The molecule has 0 aliphatic carbocycles. The third kappa shape index (κ3) is 2.10. The van der Waals surface area contributed by atoms with Crippen LogP contribution in [0.5, 0.6) is 0 Å². The molecule has 0 saturated heterocycles. The van der Waals surface area contributed by atoms with E-state index in [0.29, 0.717) is 17.7 Å². The summed E-state index contributed by atoms with van der Waals surface area (Å²) >= 11 is 0. The van der Waals surface area contributed by atoms with Gasteiger partial charge in [0.05, 0.1) is 6.54 Å². The number of nitrogen functional groups attached to an aromatic ring is 1. The van der Waals surface area contributed by atoms with Crippen LogP contribution in [0.15, 0.2) is 65.5 Å². The van der Waals surface area contributed by atoms with Gasteiger partial charge < -0.3 is 5.73 Å². The van der Waals surface area contributed by atoms with Crippen LogP contribution in [0.2, 0.25) is 0 Å². The third-order valence-electron chi connectivity index (χ3n) is 3.23. The number of rotatable bonds is 2. The minimum Gasteiger partial charge on any atom is -0.385 e. The standard InChI is InChI=1S/C16H14N2O/c17-15-10-13-8-4-5-9-14(13)16(19)18(15)11-12-6-2-1-3-7-12/h1-10H,11,17H2. The first kappa shape index (κ1) is 11.5. The largest absolute Gasteiger partial charge is 0.385 e. The van der Waals surface area contributed by atoms with E-state index in [9.17, 15) is 4.79 Å². The molecular weight excluding hydrogens is 236 g/mol. The smallest absolute Gasteiger partial charge is 0.260 e. The van der Waals surface area contributed by atoms with Crippen molar-refractivity contribution >= 4 is 16.6 Å².